The van der Waals surface area contributed by atoms with Crippen molar-refractivity contribution < 1.29 is 22.0 Å². The number of hydrogen-bond acceptors (Lipinski definition) is 1. The van der Waals surface area contributed by atoms with Gasteiger partial charge >= 0.3 is 6.18 Å². The van der Waals surface area contributed by atoms with Crippen LogP contribution in [-0.2, 0) is 6.18 Å². The molecule has 0 aromatic heterocycles. The second-order valence-electron chi connectivity index (χ2n) is 4.74. The minimum Gasteiger partial charge on any atom is -0.320 e. The highest BCUT2D eigenvalue weighted by atomic mass is 19.4. The molecular formula is C15H12F5N. The highest BCUT2D eigenvalue weighted by Gasteiger charge is 2.32. The van der Waals surface area contributed by atoms with Crippen molar-refractivity contribution in [3.05, 3.63) is 70.3 Å². The minimum atomic E-state index is -4.62. The molecule has 1 unspecified atom stereocenters. The first-order chi connectivity index (χ1) is 9.70. The molecule has 0 aliphatic heterocycles. The average molecular weight is 301 g/mol. The molecule has 2 N–H and O–H groups in total. The first kappa shape index (κ1) is 15.4. The third-order valence-electron chi connectivity index (χ3n) is 3.14. The number of nitrogens with two attached hydrogens (primary N) is 1. The maximum absolute atomic E-state index is 13.8. The van der Waals surface area contributed by atoms with Gasteiger partial charge in [-0.25, -0.2) is 8.78 Å². The Morgan fingerprint density at radius 1 is 0.905 bits per heavy atom. The van der Waals surface area contributed by atoms with Crippen LogP contribution in [-0.4, -0.2) is 0 Å². The topological polar surface area (TPSA) is 26.0 Å². The second-order valence-corrected chi connectivity index (χ2v) is 4.74. The van der Waals surface area contributed by atoms with Gasteiger partial charge < -0.3 is 5.73 Å². The van der Waals surface area contributed by atoms with Gasteiger partial charge in [0.15, 0.2) is 0 Å². The summed E-state index contributed by atoms with van der Waals surface area (Å²) in [5.74, 6) is -1.60. The van der Waals surface area contributed by atoms with E-state index in [1.807, 2.05) is 0 Å². The van der Waals surface area contributed by atoms with Gasteiger partial charge in [-0.2, -0.15) is 13.2 Å². The van der Waals surface area contributed by atoms with E-state index in [1.165, 1.54) is 12.1 Å². The fourth-order valence-corrected chi connectivity index (χ4v) is 2.03. The molecule has 0 amide bonds. The van der Waals surface area contributed by atoms with E-state index in [0.29, 0.717) is 23.8 Å². The number of benzene rings is 2. The van der Waals surface area contributed by atoms with Crippen molar-refractivity contribution in [1.82, 2.24) is 0 Å². The zero-order valence-corrected chi connectivity index (χ0v) is 11.0. The summed E-state index contributed by atoms with van der Waals surface area (Å²) in [7, 11) is 0. The fourth-order valence-electron chi connectivity index (χ4n) is 2.03. The van der Waals surface area contributed by atoms with E-state index in [0.717, 1.165) is 6.07 Å². The molecule has 112 valence electrons. The van der Waals surface area contributed by atoms with Crippen LogP contribution in [0, 0.1) is 18.6 Å². The lowest BCUT2D eigenvalue weighted by molar-refractivity contribution is -0.137. The maximum Gasteiger partial charge on any atom is 0.416 e. The van der Waals surface area contributed by atoms with Crippen molar-refractivity contribution in [3.63, 3.8) is 0 Å². The van der Waals surface area contributed by atoms with E-state index in [-0.39, 0.29) is 5.56 Å². The smallest absolute Gasteiger partial charge is 0.320 e. The van der Waals surface area contributed by atoms with Crippen molar-refractivity contribution >= 4 is 0 Å². The molecular weight excluding hydrogens is 289 g/mol. The number of hydrogen-bond donors (Lipinski definition) is 1. The molecule has 6 heteroatoms. The summed E-state index contributed by atoms with van der Waals surface area (Å²) in [5.41, 5.74) is 4.96. The third kappa shape index (κ3) is 3.21. The van der Waals surface area contributed by atoms with Crippen molar-refractivity contribution in [2.75, 3.05) is 0 Å². The van der Waals surface area contributed by atoms with Gasteiger partial charge in [-0.05, 0) is 31.2 Å². The van der Waals surface area contributed by atoms with E-state index < -0.39 is 35.0 Å². The van der Waals surface area contributed by atoms with Gasteiger partial charge in [0.05, 0.1) is 11.6 Å². The Morgan fingerprint density at radius 3 is 2.00 bits per heavy atom. The van der Waals surface area contributed by atoms with Crippen molar-refractivity contribution in [2.24, 2.45) is 5.73 Å². The van der Waals surface area contributed by atoms with Crippen LogP contribution in [0.15, 0.2) is 36.4 Å². The van der Waals surface area contributed by atoms with Gasteiger partial charge in [0.1, 0.15) is 11.6 Å². The number of alkyl halides is 3. The van der Waals surface area contributed by atoms with Crippen molar-refractivity contribution in [1.29, 1.82) is 0 Å². The third-order valence-corrected chi connectivity index (χ3v) is 3.14. The lowest BCUT2D eigenvalue weighted by atomic mass is 9.95. The first-order valence-corrected chi connectivity index (χ1v) is 6.08. The Morgan fingerprint density at radius 2 is 1.43 bits per heavy atom. The van der Waals surface area contributed by atoms with Crippen LogP contribution in [0.2, 0.25) is 0 Å². The van der Waals surface area contributed by atoms with E-state index in [9.17, 15) is 22.0 Å². The molecule has 0 saturated carbocycles. The van der Waals surface area contributed by atoms with Gasteiger partial charge in [-0.1, -0.05) is 17.7 Å². The van der Waals surface area contributed by atoms with Crippen LogP contribution in [0.3, 0.4) is 0 Å². The van der Waals surface area contributed by atoms with Crippen LogP contribution in [0.25, 0.3) is 0 Å². The van der Waals surface area contributed by atoms with Crippen LogP contribution in [0.1, 0.15) is 28.3 Å². The molecule has 1 atom stereocenters. The Labute approximate surface area is 118 Å². The maximum atomic E-state index is 13.8. The lowest BCUT2D eigenvalue weighted by Gasteiger charge is -2.17. The predicted molar refractivity (Wildman–Crippen MR) is 68.6 cm³/mol. The van der Waals surface area contributed by atoms with Gasteiger partial charge in [-0.15, -0.1) is 0 Å². The Bertz CT molecular complexity index is 664. The summed E-state index contributed by atoms with van der Waals surface area (Å²) < 4.78 is 65.5. The molecule has 0 aliphatic rings. The summed E-state index contributed by atoms with van der Waals surface area (Å²) in [6.07, 6.45) is -4.62. The highest BCUT2D eigenvalue weighted by Crippen LogP contribution is 2.33. The fraction of sp³-hybridized carbons (Fsp3) is 0.200. The summed E-state index contributed by atoms with van der Waals surface area (Å²) >= 11 is 0. The molecule has 1 nitrogen and oxygen atoms in total. The zero-order chi connectivity index (χ0) is 15.8. The van der Waals surface area contributed by atoms with Gasteiger partial charge in [0.25, 0.3) is 0 Å². The Hall–Kier alpha value is -1.95. The molecule has 2 aromatic carbocycles. The normalized spacial score (nSPS) is 13.3. The standard InChI is InChI=1S/C15H12F5N/c1-8-2-4-12(16)10(6-8)14(21)11-7-9(15(18,19)20)3-5-13(11)17/h2-7,14H,21H2,1H3. The average Bonchev–Trinajstić information content (AvgIpc) is 2.40. The van der Waals surface area contributed by atoms with Crippen LogP contribution in [0.4, 0.5) is 22.0 Å². The van der Waals surface area contributed by atoms with Gasteiger partial charge in [-0.3, -0.25) is 0 Å². The highest BCUT2D eigenvalue weighted by molar-refractivity contribution is 5.37. The molecule has 2 aromatic rings. The van der Waals surface area contributed by atoms with Crippen LogP contribution < -0.4 is 5.73 Å². The van der Waals surface area contributed by atoms with Crippen molar-refractivity contribution in [2.45, 2.75) is 19.1 Å². The molecule has 0 heterocycles. The van der Waals surface area contributed by atoms with Crippen LogP contribution in [0.5, 0.6) is 0 Å². The molecule has 0 saturated heterocycles. The van der Waals surface area contributed by atoms with E-state index in [1.54, 1.807) is 6.92 Å². The number of rotatable bonds is 2. The SMILES string of the molecule is Cc1ccc(F)c(C(N)c2cc(C(F)(F)F)ccc2F)c1. The summed E-state index contributed by atoms with van der Waals surface area (Å²) in [4.78, 5) is 0. The molecule has 2 rings (SSSR count). The Kier molecular flexibility index (Phi) is 4.00. The quantitative estimate of drug-likeness (QED) is 0.820. The second kappa shape index (κ2) is 5.44. The minimum absolute atomic E-state index is 0.0479. The predicted octanol–water partition coefficient (Wildman–Crippen LogP) is 4.34. The Balaban J connectivity index is 2.52. The van der Waals surface area contributed by atoms with E-state index in [4.69, 9.17) is 5.73 Å². The lowest BCUT2D eigenvalue weighted by Crippen LogP contribution is -2.17. The largest absolute Gasteiger partial charge is 0.416 e. The zero-order valence-electron chi connectivity index (χ0n) is 11.0. The van der Waals surface area contributed by atoms with Gasteiger partial charge in [0.2, 0.25) is 0 Å². The molecule has 0 fully saturated rings. The van der Waals surface area contributed by atoms with Gasteiger partial charge in [0, 0.05) is 11.1 Å². The molecule has 0 bridgehead atoms. The summed E-state index contributed by atoms with van der Waals surface area (Å²) in [6, 6.07) is 4.64. The monoisotopic (exact) mass is 301 g/mol. The van der Waals surface area contributed by atoms with E-state index in [2.05, 4.69) is 0 Å². The van der Waals surface area contributed by atoms with E-state index >= 15 is 0 Å². The number of halogens is 5. The van der Waals surface area contributed by atoms with Crippen LogP contribution >= 0.6 is 0 Å². The number of aryl methyl sites for hydroxylation is 1. The molecule has 0 aliphatic carbocycles. The molecule has 0 radical (unpaired) electrons. The first-order valence-electron chi connectivity index (χ1n) is 6.08. The summed E-state index contributed by atoms with van der Waals surface area (Å²) in [6.45, 7) is 1.68. The molecule has 0 spiro atoms. The summed E-state index contributed by atoms with van der Waals surface area (Å²) in [5, 5.41) is 0. The van der Waals surface area contributed by atoms with Crippen molar-refractivity contribution in [3.8, 4) is 0 Å². The molecule has 21 heavy (non-hydrogen) atoms.